The molecule has 0 saturated carbocycles. The van der Waals surface area contributed by atoms with Crippen molar-refractivity contribution < 1.29 is 37.4 Å². The Bertz CT molecular complexity index is 1560. The minimum Gasteiger partial charge on any atom is -0.484 e. The summed E-state index contributed by atoms with van der Waals surface area (Å²) in [5, 5.41) is 10.8. The third-order valence-corrected chi connectivity index (χ3v) is 5.89. The van der Waals surface area contributed by atoms with Crippen LogP contribution in [0, 0.1) is 17.6 Å². The second-order valence-corrected chi connectivity index (χ2v) is 11.5. The average Bonchev–Trinajstić information content (AvgIpc) is 2.97. The van der Waals surface area contributed by atoms with Crippen molar-refractivity contribution in [3.8, 4) is 5.75 Å². The van der Waals surface area contributed by atoms with E-state index in [-0.39, 0.29) is 35.7 Å². The number of halogens is 2. The number of benzene rings is 2. The lowest BCUT2D eigenvalue weighted by molar-refractivity contribution is -0.149. The minimum atomic E-state index is -0.955. The minimum absolute atomic E-state index is 0.0203. The number of hydrogen-bond acceptors (Lipinski definition) is 10. The normalized spacial score (nSPS) is 12.4. The number of carbonyl (C=O) groups is 3. The fraction of sp³-hybridized carbons (Fsp3) is 0.344. The number of nitrogens with one attached hydrogen (secondary N) is 4. The molecule has 0 fully saturated rings. The summed E-state index contributed by atoms with van der Waals surface area (Å²) in [6.07, 6.45) is 0.594. The molecular weight excluding hydrogens is 602 g/mol. The summed E-state index contributed by atoms with van der Waals surface area (Å²) in [5.74, 6) is -3.12. The average molecular weight is 641 g/mol. The molecule has 1 heterocycles. The molecule has 0 aliphatic rings. The number of anilines is 5. The summed E-state index contributed by atoms with van der Waals surface area (Å²) < 4.78 is 45.6. The first-order valence-corrected chi connectivity index (χ1v) is 14.4. The molecule has 0 aliphatic carbocycles. The third-order valence-electron chi connectivity index (χ3n) is 5.89. The van der Waals surface area contributed by atoms with E-state index in [1.807, 2.05) is 0 Å². The fourth-order valence-corrected chi connectivity index (χ4v) is 3.80. The van der Waals surface area contributed by atoms with Gasteiger partial charge < -0.3 is 35.5 Å². The molecule has 0 bridgehead atoms. The first kappa shape index (κ1) is 35.2. The maximum absolute atomic E-state index is 14.9. The zero-order valence-corrected chi connectivity index (χ0v) is 26.4. The molecule has 12 nitrogen and oxygen atoms in total. The Morgan fingerprint density at radius 3 is 2.33 bits per heavy atom. The van der Waals surface area contributed by atoms with E-state index >= 15 is 0 Å². The van der Waals surface area contributed by atoms with Crippen LogP contribution in [0.2, 0.25) is 0 Å². The second-order valence-electron chi connectivity index (χ2n) is 11.5. The van der Waals surface area contributed by atoms with Crippen LogP contribution in [0.5, 0.6) is 5.75 Å². The number of aromatic nitrogens is 2. The van der Waals surface area contributed by atoms with Crippen molar-refractivity contribution >= 4 is 46.8 Å². The number of alkyl carbamates (subject to hydrolysis) is 1. The molecular formula is C32H38F2N6O6. The van der Waals surface area contributed by atoms with E-state index in [0.717, 1.165) is 18.3 Å². The van der Waals surface area contributed by atoms with Crippen molar-refractivity contribution in [3.63, 3.8) is 0 Å². The Morgan fingerprint density at radius 1 is 0.978 bits per heavy atom. The summed E-state index contributed by atoms with van der Waals surface area (Å²) >= 11 is 0. The highest BCUT2D eigenvalue weighted by atomic mass is 19.1. The van der Waals surface area contributed by atoms with E-state index in [2.05, 4.69) is 37.8 Å². The van der Waals surface area contributed by atoms with Crippen LogP contribution < -0.4 is 26.0 Å². The standard InChI is InChI=1S/C32H38F2N6O6/c1-8-26(41)36-20-10-9-11-21(14-20)37-28-24(34)16-35-30(40-28)38-22-12-13-25(23(33)15-22)45-19(4)17-44-29(42)27(18(2)3)39-31(43)46-32(5,6)7/h8-16,18-19,27H,1,17H2,2-7H3,(H,36,41)(H,39,43)(H2,35,37,38,40)/t19-,27+/m1/s1. The van der Waals surface area contributed by atoms with Crippen LogP contribution in [-0.2, 0) is 19.1 Å². The summed E-state index contributed by atoms with van der Waals surface area (Å²) in [6, 6.07) is 9.59. The van der Waals surface area contributed by atoms with E-state index in [9.17, 15) is 23.2 Å². The largest absolute Gasteiger partial charge is 0.484 e. The number of ether oxygens (including phenoxy) is 3. The summed E-state index contributed by atoms with van der Waals surface area (Å²) in [7, 11) is 0. The number of esters is 1. The molecule has 0 radical (unpaired) electrons. The third kappa shape index (κ3) is 11.0. The number of nitrogens with zero attached hydrogens (tertiary/aromatic N) is 2. The van der Waals surface area contributed by atoms with Crippen LogP contribution in [0.1, 0.15) is 41.5 Å². The molecule has 46 heavy (non-hydrogen) atoms. The number of carbonyl (C=O) groups excluding carboxylic acids is 3. The fourth-order valence-electron chi connectivity index (χ4n) is 3.80. The monoisotopic (exact) mass is 640 g/mol. The lowest BCUT2D eigenvalue weighted by Crippen LogP contribution is -2.47. The summed E-state index contributed by atoms with van der Waals surface area (Å²) in [4.78, 5) is 44.4. The van der Waals surface area contributed by atoms with Crippen LogP contribution in [0.4, 0.5) is 42.4 Å². The molecule has 4 N–H and O–H groups in total. The van der Waals surface area contributed by atoms with Gasteiger partial charge >= 0.3 is 12.1 Å². The van der Waals surface area contributed by atoms with E-state index in [4.69, 9.17) is 14.2 Å². The van der Waals surface area contributed by atoms with Crippen LogP contribution >= 0.6 is 0 Å². The topological polar surface area (TPSA) is 153 Å². The Labute approximate surface area is 265 Å². The van der Waals surface area contributed by atoms with E-state index < -0.39 is 47.4 Å². The van der Waals surface area contributed by atoms with Gasteiger partial charge in [-0.2, -0.15) is 4.98 Å². The van der Waals surface area contributed by atoms with Gasteiger partial charge in [-0.1, -0.05) is 26.5 Å². The van der Waals surface area contributed by atoms with Gasteiger partial charge in [0.2, 0.25) is 11.9 Å². The number of hydrogen-bond donors (Lipinski definition) is 4. The van der Waals surface area contributed by atoms with Crippen LogP contribution in [-0.4, -0.2) is 52.3 Å². The molecule has 246 valence electrons. The molecule has 2 atom stereocenters. The van der Waals surface area contributed by atoms with Gasteiger partial charge in [-0.15, -0.1) is 0 Å². The molecule has 3 rings (SSSR count). The Balaban J connectivity index is 1.59. The Hall–Kier alpha value is -5.27. The highest BCUT2D eigenvalue weighted by Crippen LogP contribution is 2.26. The first-order valence-electron chi connectivity index (χ1n) is 14.4. The number of rotatable bonds is 13. The molecule has 2 aromatic carbocycles. The van der Waals surface area contributed by atoms with E-state index in [1.54, 1.807) is 65.8 Å². The van der Waals surface area contributed by atoms with E-state index in [1.165, 1.54) is 12.1 Å². The molecule has 3 aromatic rings. The van der Waals surface area contributed by atoms with Gasteiger partial charge in [0, 0.05) is 23.1 Å². The van der Waals surface area contributed by atoms with Gasteiger partial charge in [-0.05, 0) is 70.0 Å². The lowest BCUT2D eigenvalue weighted by atomic mass is 10.1. The van der Waals surface area contributed by atoms with Crippen molar-refractivity contribution in [1.29, 1.82) is 0 Å². The highest BCUT2D eigenvalue weighted by molar-refractivity contribution is 5.99. The second kappa shape index (κ2) is 15.6. The van der Waals surface area contributed by atoms with Gasteiger partial charge in [-0.25, -0.2) is 23.4 Å². The molecule has 0 unspecified atom stereocenters. The molecule has 2 amide bonds. The van der Waals surface area contributed by atoms with Crippen molar-refractivity contribution in [3.05, 3.63) is 73.0 Å². The SMILES string of the molecule is C=CC(=O)Nc1cccc(Nc2nc(Nc3ccc(O[C@H](C)COC(=O)[C@@H](NC(=O)OC(C)(C)C)C(C)C)c(F)c3)ncc2F)c1. The van der Waals surface area contributed by atoms with Crippen molar-refractivity contribution in [2.75, 3.05) is 22.6 Å². The van der Waals surface area contributed by atoms with Gasteiger partial charge in [0.1, 0.15) is 24.4 Å². The predicted octanol–water partition coefficient (Wildman–Crippen LogP) is 6.23. The zero-order chi connectivity index (χ0) is 34.0. The first-order chi connectivity index (χ1) is 21.6. The molecule has 14 heteroatoms. The van der Waals surface area contributed by atoms with Crippen LogP contribution in [0.15, 0.2) is 61.3 Å². The molecule has 0 spiro atoms. The van der Waals surface area contributed by atoms with Crippen LogP contribution in [0.3, 0.4) is 0 Å². The van der Waals surface area contributed by atoms with E-state index in [0.29, 0.717) is 11.4 Å². The maximum atomic E-state index is 14.9. The summed E-state index contributed by atoms with van der Waals surface area (Å²) in [6.45, 7) is 13.4. The van der Waals surface area contributed by atoms with Gasteiger partial charge in [-0.3, -0.25) is 4.79 Å². The van der Waals surface area contributed by atoms with Crippen molar-refractivity contribution in [2.45, 2.75) is 59.3 Å². The van der Waals surface area contributed by atoms with Gasteiger partial charge in [0.05, 0.1) is 6.20 Å². The van der Waals surface area contributed by atoms with Crippen LogP contribution in [0.25, 0.3) is 0 Å². The predicted molar refractivity (Wildman–Crippen MR) is 169 cm³/mol. The lowest BCUT2D eigenvalue weighted by Gasteiger charge is -2.25. The Morgan fingerprint density at radius 2 is 1.67 bits per heavy atom. The quantitative estimate of drug-likeness (QED) is 0.125. The molecule has 1 aromatic heterocycles. The number of amides is 2. The van der Waals surface area contributed by atoms with Gasteiger partial charge in [0.15, 0.2) is 23.2 Å². The van der Waals surface area contributed by atoms with Gasteiger partial charge in [0.25, 0.3) is 0 Å². The molecule has 0 aliphatic heterocycles. The Kier molecular flexibility index (Phi) is 12.0. The highest BCUT2D eigenvalue weighted by Gasteiger charge is 2.28. The van der Waals surface area contributed by atoms with Crippen molar-refractivity contribution in [1.82, 2.24) is 15.3 Å². The van der Waals surface area contributed by atoms with Crippen molar-refractivity contribution in [2.24, 2.45) is 5.92 Å². The molecule has 0 saturated heterocycles. The zero-order valence-electron chi connectivity index (χ0n) is 26.4. The maximum Gasteiger partial charge on any atom is 0.408 e. The summed E-state index contributed by atoms with van der Waals surface area (Å²) in [5.41, 5.74) is 0.420. The smallest absolute Gasteiger partial charge is 0.408 e.